The van der Waals surface area contributed by atoms with Crippen molar-refractivity contribution in [2.45, 2.75) is 11.8 Å². The molecule has 3 N–H and O–H groups in total. The van der Waals surface area contributed by atoms with E-state index in [2.05, 4.69) is 4.72 Å². The minimum absolute atomic E-state index is 0.0156. The molecule has 0 amide bonds. The number of ether oxygens (including phenoxy) is 1. The van der Waals surface area contributed by atoms with Gasteiger partial charge in [-0.2, -0.15) is 0 Å². The zero-order valence-electron chi connectivity index (χ0n) is 11.6. The molecular formula is C14H15FN2O3S. The fraction of sp³-hybridized carbons (Fsp3) is 0.143. The van der Waals surface area contributed by atoms with Crippen molar-refractivity contribution in [1.29, 1.82) is 0 Å². The van der Waals surface area contributed by atoms with E-state index in [4.69, 9.17) is 10.5 Å². The number of sulfonamides is 1. The fourth-order valence-electron chi connectivity index (χ4n) is 1.73. The minimum Gasteiger partial charge on any atom is -0.494 e. The molecule has 0 aliphatic rings. The van der Waals surface area contributed by atoms with Gasteiger partial charge < -0.3 is 10.5 Å². The molecule has 5 nitrogen and oxygen atoms in total. The highest BCUT2D eigenvalue weighted by atomic mass is 32.2. The summed E-state index contributed by atoms with van der Waals surface area (Å²) in [6.07, 6.45) is 0. The first kappa shape index (κ1) is 15.1. The zero-order chi connectivity index (χ0) is 15.6. The maximum atomic E-state index is 13.6. The van der Waals surface area contributed by atoms with Gasteiger partial charge in [-0.25, -0.2) is 12.8 Å². The SMILES string of the molecule is COc1ccc(NS(=O)(=O)c2ccc(C)c(N)c2)cc1F. The van der Waals surface area contributed by atoms with Gasteiger partial charge in [0.2, 0.25) is 0 Å². The van der Waals surface area contributed by atoms with Crippen LogP contribution >= 0.6 is 0 Å². The first-order chi connectivity index (χ1) is 9.83. The number of anilines is 2. The highest BCUT2D eigenvalue weighted by molar-refractivity contribution is 7.92. The molecule has 2 aromatic rings. The van der Waals surface area contributed by atoms with E-state index in [1.54, 1.807) is 13.0 Å². The molecule has 21 heavy (non-hydrogen) atoms. The second-order valence-electron chi connectivity index (χ2n) is 4.47. The Labute approximate surface area is 122 Å². The van der Waals surface area contributed by atoms with Crippen LogP contribution in [0.2, 0.25) is 0 Å². The lowest BCUT2D eigenvalue weighted by molar-refractivity contribution is 0.386. The molecule has 0 aliphatic carbocycles. The van der Waals surface area contributed by atoms with Crippen molar-refractivity contribution in [3.8, 4) is 5.75 Å². The van der Waals surface area contributed by atoms with E-state index in [0.717, 1.165) is 11.6 Å². The normalized spacial score (nSPS) is 11.2. The van der Waals surface area contributed by atoms with E-state index in [1.165, 1.54) is 31.4 Å². The van der Waals surface area contributed by atoms with Gasteiger partial charge in [0.1, 0.15) is 0 Å². The second-order valence-corrected chi connectivity index (χ2v) is 6.16. The molecule has 7 heteroatoms. The largest absolute Gasteiger partial charge is 0.494 e. The lowest BCUT2D eigenvalue weighted by Crippen LogP contribution is -2.13. The molecule has 0 saturated carbocycles. The average Bonchev–Trinajstić information content (AvgIpc) is 2.41. The lowest BCUT2D eigenvalue weighted by atomic mass is 10.2. The van der Waals surface area contributed by atoms with Crippen LogP contribution in [-0.2, 0) is 10.0 Å². The summed E-state index contributed by atoms with van der Waals surface area (Å²) in [6.45, 7) is 1.78. The summed E-state index contributed by atoms with van der Waals surface area (Å²) in [7, 11) is -2.50. The Balaban J connectivity index is 2.32. The molecule has 0 aliphatic heterocycles. The van der Waals surface area contributed by atoms with Crippen molar-refractivity contribution in [2.75, 3.05) is 17.6 Å². The van der Waals surface area contributed by atoms with Gasteiger partial charge in [0, 0.05) is 11.8 Å². The van der Waals surface area contributed by atoms with E-state index in [1.807, 2.05) is 0 Å². The second kappa shape index (κ2) is 5.61. The molecule has 2 aromatic carbocycles. The molecule has 0 fully saturated rings. The van der Waals surface area contributed by atoms with Crippen molar-refractivity contribution in [2.24, 2.45) is 0 Å². The first-order valence-electron chi connectivity index (χ1n) is 6.06. The average molecular weight is 310 g/mol. The minimum atomic E-state index is -3.83. The number of rotatable bonds is 4. The van der Waals surface area contributed by atoms with Gasteiger partial charge in [-0.1, -0.05) is 6.07 Å². The molecule has 0 spiro atoms. The van der Waals surface area contributed by atoms with E-state index >= 15 is 0 Å². The molecule has 0 radical (unpaired) electrons. The van der Waals surface area contributed by atoms with Gasteiger partial charge in [-0.15, -0.1) is 0 Å². The summed E-state index contributed by atoms with van der Waals surface area (Å²) in [4.78, 5) is 0.0156. The van der Waals surface area contributed by atoms with E-state index in [9.17, 15) is 12.8 Å². The monoisotopic (exact) mass is 310 g/mol. The van der Waals surface area contributed by atoms with Crippen LogP contribution in [-0.4, -0.2) is 15.5 Å². The van der Waals surface area contributed by atoms with Crippen molar-refractivity contribution in [1.82, 2.24) is 0 Å². The highest BCUT2D eigenvalue weighted by Gasteiger charge is 2.16. The van der Waals surface area contributed by atoms with Crippen LogP contribution in [0.5, 0.6) is 5.75 Å². The third-order valence-electron chi connectivity index (χ3n) is 2.97. The maximum Gasteiger partial charge on any atom is 0.261 e. The van der Waals surface area contributed by atoms with Crippen LogP contribution in [0, 0.1) is 12.7 Å². The van der Waals surface area contributed by atoms with Gasteiger partial charge in [-0.3, -0.25) is 4.72 Å². The number of nitrogen functional groups attached to an aromatic ring is 1. The Bertz CT molecular complexity index is 776. The maximum absolute atomic E-state index is 13.6. The Morgan fingerprint density at radius 2 is 1.90 bits per heavy atom. The highest BCUT2D eigenvalue weighted by Crippen LogP contribution is 2.24. The van der Waals surface area contributed by atoms with Crippen LogP contribution in [0.4, 0.5) is 15.8 Å². The molecule has 112 valence electrons. The Morgan fingerprint density at radius 1 is 1.19 bits per heavy atom. The Kier molecular flexibility index (Phi) is 4.04. The van der Waals surface area contributed by atoms with Gasteiger partial charge in [-0.05, 0) is 36.8 Å². The summed E-state index contributed by atoms with van der Waals surface area (Å²) in [5.74, 6) is -0.612. The third-order valence-corrected chi connectivity index (χ3v) is 4.34. The first-order valence-corrected chi connectivity index (χ1v) is 7.54. The van der Waals surface area contributed by atoms with E-state index < -0.39 is 15.8 Å². The topological polar surface area (TPSA) is 81.4 Å². The third kappa shape index (κ3) is 3.25. The van der Waals surface area contributed by atoms with Crippen LogP contribution in [0.15, 0.2) is 41.3 Å². The van der Waals surface area contributed by atoms with E-state index in [-0.39, 0.29) is 16.3 Å². The predicted molar refractivity (Wildman–Crippen MR) is 79.4 cm³/mol. The molecule has 0 heterocycles. The molecule has 0 atom stereocenters. The number of methoxy groups -OCH3 is 1. The van der Waals surface area contributed by atoms with Gasteiger partial charge in [0.05, 0.1) is 17.7 Å². The standard InChI is InChI=1S/C14H15FN2O3S/c1-9-3-5-11(8-13(9)16)21(18,19)17-10-4-6-14(20-2)12(15)7-10/h3-8,17H,16H2,1-2H3. The summed E-state index contributed by atoms with van der Waals surface area (Å²) < 4.78 is 45.1. The summed E-state index contributed by atoms with van der Waals surface area (Å²) in [6, 6.07) is 8.21. The summed E-state index contributed by atoms with van der Waals surface area (Å²) in [5.41, 5.74) is 6.96. The smallest absolute Gasteiger partial charge is 0.261 e. The van der Waals surface area contributed by atoms with Gasteiger partial charge in [0.15, 0.2) is 11.6 Å². The van der Waals surface area contributed by atoms with Gasteiger partial charge in [0.25, 0.3) is 10.0 Å². The molecule has 0 unspecified atom stereocenters. The van der Waals surface area contributed by atoms with Crippen LogP contribution in [0.1, 0.15) is 5.56 Å². The summed E-state index contributed by atoms with van der Waals surface area (Å²) in [5, 5.41) is 0. The number of hydrogen-bond donors (Lipinski definition) is 2. The van der Waals surface area contributed by atoms with Crippen LogP contribution in [0.25, 0.3) is 0 Å². The quantitative estimate of drug-likeness (QED) is 0.850. The molecule has 0 saturated heterocycles. The summed E-state index contributed by atoms with van der Waals surface area (Å²) >= 11 is 0. The Hall–Kier alpha value is -2.28. The number of benzene rings is 2. The number of nitrogens with two attached hydrogens (primary N) is 1. The van der Waals surface area contributed by atoms with Crippen LogP contribution in [0.3, 0.4) is 0 Å². The lowest BCUT2D eigenvalue weighted by Gasteiger charge is -2.10. The van der Waals surface area contributed by atoms with Gasteiger partial charge >= 0.3 is 0 Å². The zero-order valence-corrected chi connectivity index (χ0v) is 12.4. The number of halogens is 1. The molecular weight excluding hydrogens is 295 g/mol. The number of hydrogen-bond acceptors (Lipinski definition) is 4. The van der Waals surface area contributed by atoms with Crippen molar-refractivity contribution < 1.29 is 17.5 Å². The van der Waals surface area contributed by atoms with Crippen LogP contribution < -0.4 is 15.2 Å². The predicted octanol–water partition coefficient (Wildman–Crippen LogP) is 2.53. The Morgan fingerprint density at radius 3 is 2.48 bits per heavy atom. The van der Waals surface area contributed by atoms with Crippen molar-refractivity contribution >= 4 is 21.4 Å². The molecule has 0 bridgehead atoms. The molecule has 2 rings (SSSR count). The van der Waals surface area contributed by atoms with E-state index in [0.29, 0.717) is 5.69 Å². The van der Waals surface area contributed by atoms with Crippen molar-refractivity contribution in [3.05, 3.63) is 47.8 Å². The number of aryl methyl sites for hydroxylation is 1. The molecule has 0 aromatic heterocycles. The van der Waals surface area contributed by atoms with Crippen molar-refractivity contribution in [3.63, 3.8) is 0 Å². The number of nitrogens with one attached hydrogen (secondary N) is 1. The fourth-order valence-corrected chi connectivity index (χ4v) is 2.81.